The molecule has 2 amide bonds. The monoisotopic (exact) mass is 388 g/mol. The maximum atomic E-state index is 13.1. The SMILES string of the molecule is CN(C)C(=O)[C@H](Cc1ccc(F)cc1)NC(=O)c1cc2cc(Cl)ncc2[nH]1. The van der Waals surface area contributed by atoms with Gasteiger partial charge in [0.15, 0.2) is 0 Å². The van der Waals surface area contributed by atoms with Gasteiger partial charge in [-0.15, -0.1) is 0 Å². The number of carbonyl (C=O) groups is 2. The summed E-state index contributed by atoms with van der Waals surface area (Å²) >= 11 is 5.87. The molecule has 0 fully saturated rings. The van der Waals surface area contributed by atoms with Gasteiger partial charge in [0.05, 0.1) is 11.7 Å². The largest absolute Gasteiger partial charge is 0.349 e. The number of benzene rings is 1. The summed E-state index contributed by atoms with van der Waals surface area (Å²) in [5, 5.41) is 3.81. The minimum atomic E-state index is -0.786. The molecular formula is C19H18ClFN4O2. The van der Waals surface area contributed by atoms with Crippen molar-refractivity contribution < 1.29 is 14.0 Å². The van der Waals surface area contributed by atoms with Crippen molar-refractivity contribution in [2.24, 2.45) is 0 Å². The van der Waals surface area contributed by atoms with Crippen LogP contribution in [-0.4, -0.2) is 46.8 Å². The Balaban J connectivity index is 1.82. The highest BCUT2D eigenvalue weighted by Gasteiger charge is 2.24. The fraction of sp³-hybridized carbons (Fsp3) is 0.211. The van der Waals surface area contributed by atoms with E-state index in [-0.39, 0.29) is 18.1 Å². The molecule has 2 aromatic heterocycles. The van der Waals surface area contributed by atoms with Crippen molar-refractivity contribution in [3.8, 4) is 0 Å². The molecule has 6 nitrogen and oxygen atoms in total. The van der Waals surface area contributed by atoms with Crippen molar-refractivity contribution in [3.63, 3.8) is 0 Å². The highest BCUT2D eigenvalue weighted by molar-refractivity contribution is 6.30. The molecular weight excluding hydrogens is 371 g/mol. The van der Waals surface area contributed by atoms with E-state index < -0.39 is 11.9 Å². The summed E-state index contributed by atoms with van der Waals surface area (Å²) in [7, 11) is 3.23. The van der Waals surface area contributed by atoms with Crippen molar-refractivity contribution in [1.82, 2.24) is 20.2 Å². The van der Waals surface area contributed by atoms with E-state index in [1.54, 1.807) is 38.4 Å². The van der Waals surface area contributed by atoms with Gasteiger partial charge >= 0.3 is 0 Å². The van der Waals surface area contributed by atoms with E-state index >= 15 is 0 Å². The molecule has 2 N–H and O–H groups in total. The average Bonchev–Trinajstić information content (AvgIpc) is 3.05. The summed E-state index contributed by atoms with van der Waals surface area (Å²) < 4.78 is 13.1. The van der Waals surface area contributed by atoms with Gasteiger partial charge in [0, 0.05) is 25.9 Å². The topological polar surface area (TPSA) is 78.1 Å². The fourth-order valence-electron chi connectivity index (χ4n) is 2.73. The second kappa shape index (κ2) is 7.75. The smallest absolute Gasteiger partial charge is 0.268 e. The molecule has 0 unspecified atom stereocenters. The molecule has 1 atom stereocenters. The third-order valence-electron chi connectivity index (χ3n) is 4.11. The number of amides is 2. The predicted octanol–water partition coefficient (Wildman–Crippen LogP) is 2.78. The number of rotatable bonds is 5. The van der Waals surface area contributed by atoms with Crippen molar-refractivity contribution in [1.29, 1.82) is 0 Å². The van der Waals surface area contributed by atoms with Crippen LogP contribution in [0.3, 0.4) is 0 Å². The molecule has 0 saturated carbocycles. The van der Waals surface area contributed by atoms with Crippen LogP contribution < -0.4 is 5.32 Å². The number of H-pyrrole nitrogens is 1. The Labute approximate surface area is 160 Å². The van der Waals surface area contributed by atoms with E-state index in [0.29, 0.717) is 16.4 Å². The lowest BCUT2D eigenvalue weighted by Crippen LogP contribution is -2.47. The van der Waals surface area contributed by atoms with E-state index in [0.717, 1.165) is 10.9 Å². The van der Waals surface area contributed by atoms with Gasteiger partial charge in [0.2, 0.25) is 5.91 Å². The number of likely N-dealkylation sites (N-methyl/N-ethyl adjacent to an activating group) is 1. The minimum Gasteiger partial charge on any atom is -0.349 e. The molecule has 0 bridgehead atoms. The maximum Gasteiger partial charge on any atom is 0.268 e. The molecule has 0 saturated heterocycles. The Morgan fingerprint density at radius 3 is 2.63 bits per heavy atom. The highest BCUT2D eigenvalue weighted by Crippen LogP contribution is 2.18. The summed E-state index contributed by atoms with van der Waals surface area (Å²) in [5.74, 6) is -1.04. The number of pyridine rings is 1. The van der Waals surface area contributed by atoms with Crippen LogP contribution in [-0.2, 0) is 11.2 Å². The van der Waals surface area contributed by atoms with Crippen LogP contribution in [0.5, 0.6) is 0 Å². The van der Waals surface area contributed by atoms with Gasteiger partial charge in [0.25, 0.3) is 5.91 Å². The number of hydrogen-bond acceptors (Lipinski definition) is 3. The number of aromatic amines is 1. The van der Waals surface area contributed by atoms with Gasteiger partial charge in [-0.3, -0.25) is 9.59 Å². The number of hydrogen-bond donors (Lipinski definition) is 2. The molecule has 27 heavy (non-hydrogen) atoms. The summed E-state index contributed by atoms with van der Waals surface area (Å²) in [6.45, 7) is 0. The number of nitrogens with zero attached hydrogens (tertiary/aromatic N) is 2. The zero-order chi connectivity index (χ0) is 19.6. The minimum absolute atomic E-state index is 0.247. The maximum absolute atomic E-state index is 13.1. The van der Waals surface area contributed by atoms with Gasteiger partial charge in [-0.05, 0) is 29.8 Å². The van der Waals surface area contributed by atoms with Gasteiger partial charge in [-0.2, -0.15) is 0 Å². The number of aromatic nitrogens is 2. The molecule has 140 valence electrons. The lowest BCUT2D eigenvalue weighted by molar-refractivity contribution is -0.130. The Morgan fingerprint density at radius 2 is 1.96 bits per heavy atom. The molecule has 0 aliphatic rings. The van der Waals surface area contributed by atoms with Crippen molar-refractivity contribution in [3.05, 3.63) is 64.8 Å². The number of nitrogens with one attached hydrogen (secondary N) is 2. The van der Waals surface area contributed by atoms with Crippen molar-refractivity contribution >= 4 is 34.3 Å². The molecule has 3 aromatic rings. The molecule has 0 aliphatic heterocycles. The molecule has 3 rings (SSSR count). The van der Waals surface area contributed by atoms with Crippen LogP contribution in [0.1, 0.15) is 16.1 Å². The third kappa shape index (κ3) is 4.43. The molecule has 0 radical (unpaired) electrons. The second-order valence-corrected chi connectivity index (χ2v) is 6.75. The third-order valence-corrected chi connectivity index (χ3v) is 4.32. The normalized spacial score (nSPS) is 12.0. The molecule has 1 aromatic carbocycles. The van der Waals surface area contributed by atoms with E-state index in [2.05, 4.69) is 15.3 Å². The van der Waals surface area contributed by atoms with Gasteiger partial charge < -0.3 is 15.2 Å². The van der Waals surface area contributed by atoms with Crippen molar-refractivity contribution in [2.75, 3.05) is 14.1 Å². The highest BCUT2D eigenvalue weighted by atomic mass is 35.5. The van der Waals surface area contributed by atoms with Crippen LogP contribution in [0.25, 0.3) is 10.9 Å². The van der Waals surface area contributed by atoms with E-state index in [9.17, 15) is 14.0 Å². The van der Waals surface area contributed by atoms with Crippen molar-refractivity contribution in [2.45, 2.75) is 12.5 Å². The van der Waals surface area contributed by atoms with Gasteiger partial charge in [0.1, 0.15) is 22.7 Å². The Kier molecular flexibility index (Phi) is 5.41. The first kappa shape index (κ1) is 18.8. The lowest BCUT2D eigenvalue weighted by atomic mass is 10.0. The van der Waals surface area contributed by atoms with Crippen LogP contribution in [0.15, 0.2) is 42.6 Å². The summed E-state index contributed by atoms with van der Waals surface area (Å²) in [6.07, 6.45) is 1.78. The van der Waals surface area contributed by atoms with Gasteiger partial charge in [-0.25, -0.2) is 9.37 Å². The van der Waals surface area contributed by atoms with Crippen LogP contribution >= 0.6 is 11.6 Å². The van der Waals surface area contributed by atoms with Crippen LogP contribution in [0, 0.1) is 5.82 Å². The quantitative estimate of drug-likeness (QED) is 0.660. The zero-order valence-corrected chi connectivity index (χ0v) is 15.5. The van der Waals surface area contributed by atoms with Crippen LogP contribution in [0.4, 0.5) is 4.39 Å². The zero-order valence-electron chi connectivity index (χ0n) is 14.8. The molecule has 0 aliphatic carbocycles. The Bertz CT molecular complexity index is 985. The summed E-state index contributed by atoms with van der Waals surface area (Å²) in [6, 6.07) is 8.33. The van der Waals surface area contributed by atoms with Crippen LogP contribution in [0.2, 0.25) is 5.15 Å². The predicted molar refractivity (Wildman–Crippen MR) is 101 cm³/mol. The first-order valence-corrected chi connectivity index (χ1v) is 8.62. The Hall–Kier alpha value is -2.93. The molecule has 8 heteroatoms. The summed E-state index contributed by atoms with van der Waals surface area (Å²) in [5.41, 5.74) is 1.70. The van der Waals surface area contributed by atoms with E-state index in [4.69, 9.17) is 11.6 Å². The van der Waals surface area contributed by atoms with Gasteiger partial charge in [-0.1, -0.05) is 23.7 Å². The first-order valence-electron chi connectivity index (χ1n) is 8.24. The first-order chi connectivity index (χ1) is 12.8. The summed E-state index contributed by atoms with van der Waals surface area (Å²) in [4.78, 5) is 33.5. The number of carbonyl (C=O) groups excluding carboxylic acids is 2. The number of halogens is 2. The fourth-order valence-corrected chi connectivity index (χ4v) is 2.90. The Morgan fingerprint density at radius 1 is 1.26 bits per heavy atom. The lowest BCUT2D eigenvalue weighted by Gasteiger charge is -2.21. The second-order valence-electron chi connectivity index (χ2n) is 6.37. The van der Waals surface area contributed by atoms with E-state index in [1.807, 2.05) is 0 Å². The van der Waals surface area contributed by atoms with E-state index in [1.165, 1.54) is 23.2 Å². The molecule has 0 spiro atoms. The number of fused-ring (bicyclic) bond motifs is 1. The molecule has 2 heterocycles. The average molecular weight is 389 g/mol. The standard InChI is InChI=1S/C19H18ClFN4O2/c1-25(2)19(27)15(7-11-3-5-13(21)6-4-11)24-18(26)14-8-12-9-17(20)22-10-16(12)23-14/h3-6,8-10,15,23H,7H2,1-2H3,(H,24,26)/t15-/m0/s1.